The Hall–Kier alpha value is -5.07. The summed E-state index contributed by atoms with van der Waals surface area (Å²) in [7, 11) is -6.41. The zero-order valence-electron chi connectivity index (χ0n) is 25.8. The molecule has 1 amide bonds. The Bertz CT molecular complexity index is 1840. The smallest absolute Gasteiger partial charge is 0.324 e. The highest BCUT2D eigenvalue weighted by atomic mass is 32.2. The second-order valence-electron chi connectivity index (χ2n) is 10.1. The van der Waals surface area contributed by atoms with Crippen molar-refractivity contribution >= 4 is 49.3 Å². The topological polar surface area (TPSA) is 207 Å². The van der Waals surface area contributed by atoms with Crippen LogP contribution >= 0.6 is 0 Å². The highest BCUT2D eigenvalue weighted by molar-refractivity contribution is 7.93. The monoisotopic (exact) mass is 707 g/mol. The number of aliphatic carboxylic acids is 2. The van der Waals surface area contributed by atoms with Crippen molar-refractivity contribution in [2.24, 2.45) is 0 Å². The molecule has 4 rings (SSSR count). The van der Waals surface area contributed by atoms with Crippen LogP contribution in [-0.4, -0.2) is 110 Å². The minimum absolute atomic E-state index is 0.262. The molecule has 2 N–H and O–H groups in total. The Kier molecular flexibility index (Phi) is 11.3. The van der Waals surface area contributed by atoms with Gasteiger partial charge in [0.15, 0.2) is 6.61 Å². The maximum absolute atomic E-state index is 13.8. The predicted octanol–water partition coefficient (Wildman–Crippen LogP) is 1.50. The number of carboxylic acids is 2. The van der Waals surface area contributed by atoms with Crippen molar-refractivity contribution < 1.29 is 60.4 Å². The number of sulfonamides is 2. The van der Waals surface area contributed by atoms with Crippen LogP contribution in [0.5, 0.6) is 17.2 Å². The number of morpholine rings is 1. The number of rotatable bonds is 15. The van der Waals surface area contributed by atoms with E-state index >= 15 is 0 Å². The highest BCUT2D eigenvalue weighted by Crippen LogP contribution is 2.38. The molecule has 0 bridgehead atoms. The van der Waals surface area contributed by atoms with Gasteiger partial charge in [0.2, 0.25) is 0 Å². The van der Waals surface area contributed by atoms with E-state index in [2.05, 4.69) is 0 Å². The second kappa shape index (κ2) is 15.2. The molecular formula is C30H33N3O13S2. The molecule has 1 saturated heterocycles. The Morgan fingerprint density at radius 2 is 1.23 bits per heavy atom. The van der Waals surface area contributed by atoms with Gasteiger partial charge in [-0.2, -0.15) is 0 Å². The first-order valence-corrected chi connectivity index (χ1v) is 17.1. The van der Waals surface area contributed by atoms with Crippen LogP contribution in [0.15, 0.2) is 76.5 Å². The number of hydrogen-bond donors (Lipinski definition) is 2. The number of benzene rings is 3. The minimum atomic E-state index is -4.62. The number of carbonyl (C=O) groups excluding carboxylic acids is 1. The van der Waals surface area contributed by atoms with E-state index in [1.54, 1.807) is 0 Å². The molecule has 0 aliphatic carbocycles. The van der Waals surface area contributed by atoms with E-state index in [9.17, 15) is 41.4 Å². The van der Waals surface area contributed by atoms with Crippen LogP contribution in [0.3, 0.4) is 0 Å². The predicted molar refractivity (Wildman–Crippen MR) is 170 cm³/mol. The molecule has 0 saturated carbocycles. The number of ether oxygens (including phenoxy) is 4. The number of carbonyl (C=O) groups is 3. The van der Waals surface area contributed by atoms with Crippen molar-refractivity contribution in [3.63, 3.8) is 0 Å². The fourth-order valence-corrected chi connectivity index (χ4v) is 7.46. The largest absolute Gasteiger partial charge is 0.497 e. The maximum atomic E-state index is 13.8. The van der Waals surface area contributed by atoms with Gasteiger partial charge >= 0.3 is 11.9 Å². The van der Waals surface area contributed by atoms with E-state index in [-0.39, 0.29) is 47.5 Å². The third kappa shape index (κ3) is 8.25. The average molecular weight is 708 g/mol. The number of methoxy groups -OCH3 is 2. The molecule has 0 atom stereocenters. The summed E-state index contributed by atoms with van der Waals surface area (Å²) in [5.41, 5.74) is -0.633. The second-order valence-corrected chi connectivity index (χ2v) is 13.8. The molecule has 1 aliphatic heterocycles. The summed E-state index contributed by atoms with van der Waals surface area (Å²) in [6, 6.07) is 13.5. The van der Waals surface area contributed by atoms with Crippen LogP contribution < -0.4 is 22.8 Å². The van der Waals surface area contributed by atoms with Crippen molar-refractivity contribution in [2.45, 2.75) is 9.79 Å². The van der Waals surface area contributed by atoms with Crippen molar-refractivity contribution in [3.8, 4) is 17.2 Å². The van der Waals surface area contributed by atoms with Crippen LogP contribution in [0, 0.1) is 0 Å². The van der Waals surface area contributed by atoms with Gasteiger partial charge in [0, 0.05) is 19.2 Å². The lowest BCUT2D eigenvalue weighted by Gasteiger charge is -2.29. The lowest BCUT2D eigenvalue weighted by molar-refractivity contribution is -0.137. The maximum Gasteiger partial charge on any atom is 0.324 e. The van der Waals surface area contributed by atoms with Crippen LogP contribution in [-0.2, 0) is 39.2 Å². The minimum Gasteiger partial charge on any atom is -0.497 e. The molecule has 1 fully saturated rings. The third-order valence-electron chi connectivity index (χ3n) is 7.07. The van der Waals surface area contributed by atoms with Gasteiger partial charge in [0.05, 0.1) is 48.6 Å². The summed E-state index contributed by atoms with van der Waals surface area (Å²) in [6.07, 6.45) is 0. The normalized spacial score (nSPS) is 13.3. The average Bonchev–Trinajstić information content (AvgIpc) is 3.08. The van der Waals surface area contributed by atoms with Crippen molar-refractivity contribution in [3.05, 3.63) is 66.7 Å². The molecule has 3 aromatic rings. The zero-order chi connectivity index (χ0) is 35.1. The standard InChI is InChI=1S/C30H33N3O13S2/c1-43-22-4-8-24(9-5-22)47(39,40)32(18-29(35)36)21-3-12-26(27(17-21)46-20-28(34)31-13-15-45-16-14-31)33(19-30(37)38)48(41,42)25-10-6-23(44-2)7-11-25/h3-12,17H,13-16,18-20H2,1-2H3,(H,35,36)(H,37,38). The third-order valence-corrected chi connectivity index (χ3v) is 10.6. The van der Waals surface area contributed by atoms with Crippen LogP contribution in [0.1, 0.15) is 0 Å². The quantitative estimate of drug-likeness (QED) is 0.230. The summed E-state index contributed by atoms with van der Waals surface area (Å²) < 4.78 is 77.4. The van der Waals surface area contributed by atoms with E-state index in [1.165, 1.54) is 67.7 Å². The molecule has 3 aromatic carbocycles. The fraction of sp³-hybridized carbons (Fsp3) is 0.300. The summed E-state index contributed by atoms with van der Waals surface area (Å²) in [5, 5.41) is 19.4. The summed E-state index contributed by atoms with van der Waals surface area (Å²) >= 11 is 0. The first-order valence-electron chi connectivity index (χ1n) is 14.2. The van der Waals surface area contributed by atoms with Gasteiger partial charge in [0.25, 0.3) is 26.0 Å². The lowest BCUT2D eigenvalue weighted by atomic mass is 10.2. The van der Waals surface area contributed by atoms with Crippen molar-refractivity contribution in [1.29, 1.82) is 0 Å². The van der Waals surface area contributed by atoms with Gasteiger partial charge in [-0.15, -0.1) is 0 Å². The zero-order valence-corrected chi connectivity index (χ0v) is 27.5. The number of amides is 1. The van der Waals surface area contributed by atoms with E-state index in [0.29, 0.717) is 20.1 Å². The van der Waals surface area contributed by atoms with E-state index in [4.69, 9.17) is 18.9 Å². The summed E-state index contributed by atoms with van der Waals surface area (Å²) in [6.45, 7) is -1.70. The Morgan fingerprint density at radius 3 is 1.71 bits per heavy atom. The van der Waals surface area contributed by atoms with Crippen LogP contribution in [0.25, 0.3) is 0 Å². The highest BCUT2D eigenvalue weighted by Gasteiger charge is 2.33. The molecule has 0 spiro atoms. The van der Waals surface area contributed by atoms with Crippen LogP contribution in [0.2, 0.25) is 0 Å². The fourth-order valence-electron chi connectivity index (χ4n) is 4.63. The van der Waals surface area contributed by atoms with E-state index in [1.807, 2.05) is 0 Å². The van der Waals surface area contributed by atoms with Crippen molar-refractivity contribution in [1.82, 2.24) is 4.90 Å². The summed E-state index contributed by atoms with van der Waals surface area (Å²) in [5.74, 6) is -3.29. The first kappa shape index (κ1) is 35.8. The molecule has 258 valence electrons. The van der Waals surface area contributed by atoms with Gasteiger partial charge in [-0.1, -0.05) is 0 Å². The number of nitrogens with zero attached hydrogens (tertiary/aromatic N) is 3. The Balaban J connectivity index is 1.85. The molecule has 0 radical (unpaired) electrons. The van der Waals surface area contributed by atoms with E-state index in [0.717, 1.165) is 18.2 Å². The van der Waals surface area contributed by atoms with Gasteiger partial charge < -0.3 is 34.1 Å². The lowest BCUT2D eigenvalue weighted by Crippen LogP contribution is -2.43. The number of hydrogen-bond acceptors (Lipinski definition) is 11. The molecule has 0 aromatic heterocycles. The number of anilines is 2. The van der Waals surface area contributed by atoms with E-state index < -0.39 is 63.3 Å². The molecule has 0 unspecified atom stereocenters. The van der Waals surface area contributed by atoms with Crippen molar-refractivity contribution in [2.75, 3.05) is 68.8 Å². The molecular weight excluding hydrogens is 674 g/mol. The first-order chi connectivity index (χ1) is 22.8. The molecule has 16 nitrogen and oxygen atoms in total. The molecule has 18 heteroatoms. The van der Waals surface area contributed by atoms with Gasteiger partial charge in [0.1, 0.15) is 30.3 Å². The van der Waals surface area contributed by atoms with Gasteiger partial charge in [-0.05, 0) is 60.7 Å². The Morgan fingerprint density at radius 1 is 0.750 bits per heavy atom. The Labute approximate surface area is 276 Å². The number of carboxylic acid groups (broad SMARTS) is 2. The molecule has 48 heavy (non-hydrogen) atoms. The molecule has 1 heterocycles. The SMILES string of the molecule is COc1ccc(S(=O)(=O)N(CC(=O)O)c2ccc(N(CC(=O)O)S(=O)(=O)c3ccc(OC)cc3)c(OCC(=O)N3CCOCC3)c2)cc1. The summed E-state index contributed by atoms with van der Waals surface area (Å²) in [4.78, 5) is 37.7. The van der Waals surface area contributed by atoms with Crippen LogP contribution in [0.4, 0.5) is 11.4 Å². The van der Waals surface area contributed by atoms with Gasteiger partial charge in [-0.25, -0.2) is 16.8 Å². The van der Waals surface area contributed by atoms with Gasteiger partial charge in [-0.3, -0.25) is 23.0 Å². The molecule has 1 aliphatic rings.